The highest BCUT2D eigenvalue weighted by Gasteiger charge is 2.18. The van der Waals surface area contributed by atoms with E-state index in [0.717, 1.165) is 73.2 Å². The summed E-state index contributed by atoms with van der Waals surface area (Å²) in [5.74, 6) is 0.123. The number of rotatable bonds is 12. The summed E-state index contributed by atoms with van der Waals surface area (Å²) in [6.45, 7) is 16.0. The average Bonchev–Trinajstić information content (AvgIpc) is 3.42. The van der Waals surface area contributed by atoms with Gasteiger partial charge in [0.2, 0.25) is 0 Å². The Balaban J connectivity index is 0.000000289. The van der Waals surface area contributed by atoms with Crippen molar-refractivity contribution in [2.45, 2.75) is 91.2 Å². The van der Waals surface area contributed by atoms with Crippen LogP contribution in [0, 0.1) is 0 Å². The minimum atomic E-state index is -0.301. The summed E-state index contributed by atoms with van der Waals surface area (Å²) < 4.78 is 1.58. The van der Waals surface area contributed by atoms with E-state index in [-0.39, 0.29) is 29.1 Å². The molecule has 0 aliphatic carbocycles. The maximum atomic E-state index is 12.5. The van der Waals surface area contributed by atoms with Crippen LogP contribution in [-0.4, -0.2) is 45.2 Å². The number of unbranched alkanes of at least 4 members (excludes halogenated alkanes) is 1. The van der Waals surface area contributed by atoms with Crippen molar-refractivity contribution in [2.75, 3.05) is 19.6 Å². The normalized spacial score (nSPS) is 11.7. The quantitative estimate of drug-likeness (QED) is 0.0758. The third-order valence-corrected chi connectivity index (χ3v) is 7.69. The third kappa shape index (κ3) is 11.1. The van der Waals surface area contributed by atoms with E-state index < -0.39 is 0 Å². The number of nitrogens with one attached hydrogen (secondary N) is 2. The van der Waals surface area contributed by atoms with Crippen LogP contribution in [0.25, 0.3) is 16.7 Å². The highest BCUT2D eigenvalue weighted by molar-refractivity contribution is 5.76. The minimum absolute atomic E-state index is 0.0352. The molecule has 2 aromatic heterocycles. The summed E-state index contributed by atoms with van der Waals surface area (Å²) in [5, 5.41) is 13.6. The summed E-state index contributed by atoms with van der Waals surface area (Å²) in [5.41, 5.74) is 23.1. The van der Waals surface area contributed by atoms with Crippen molar-refractivity contribution in [1.82, 2.24) is 19.9 Å². The SMILES string of the molecule is CC(C)(C)c1cc(CO)cc(CCCCN)c1.CC(C)(C)c1cc2cn(-c3ccc(CNCCCN=C(N)N)cc3)c(=O)nc2[nH]1. The number of aliphatic hydroxyl groups excluding tert-OH is 1. The highest BCUT2D eigenvalue weighted by atomic mass is 16.3. The largest absolute Gasteiger partial charge is 0.392 e. The lowest BCUT2D eigenvalue weighted by Crippen LogP contribution is -2.23. The van der Waals surface area contributed by atoms with Crippen LogP contribution in [0.5, 0.6) is 0 Å². The molecule has 10 heteroatoms. The lowest BCUT2D eigenvalue weighted by molar-refractivity contribution is 0.281. The molecular formula is C36H54N8O2. The van der Waals surface area contributed by atoms with E-state index in [1.807, 2.05) is 30.5 Å². The van der Waals surface area contributed by atoms with Gasteiger partial charge in [-0.25, -0.2) is 4.79 Å². The van der Waals surface area contributed by atoms with Crippen LogP contribution in [0.3, 0.4) is 0 Å². The monoisotopic (exact) mass is 630 g/mol. The van der Waals surface area contributed by atoms with Gasteiger partial charge in [-0.05, 0) is 84.6 Å². The number of H-pyrrole nitrogens is 1. The van der Waals surface area contributed by atoms with Gasteiger partial charge in [0, 0.05) is 35.8 Å². The summed E-state index contributed by atoms with van der Waals surface area (Å²) in [6.07, 6.45) is 5.94. The van der Waals surface area contributed by atoms with Crippen molar-refractivity contribution in [3.05, 3.63) is 93.2 Å². The van der Waals surface area contributed by atoms with E-state index >= 15 is 0 Å². The van der Waals surface area contributed by atoms with Crippen molar-refractivity contribution in [3.8, 4) is 5.69 Å². The molecule has 0 fully saturated rings. The number of guanidine groups is 1. The summed E-state index contributed by atoms with van der Waals surface area (Å²) in [7, 11) is 0. The van der Waals surface area contributed by atoms with Gasteiger partial charge in [-0.3, -0.25) is 9.56 Å². The Morgan fingerprint density at radius 2 is 1.63 bits per heavy atom. The van der Waals surface area contributed by atoms with Crippen LogP contribution in [-0.2, 0) is 30.4 Å². The fourth-order valence-corrected chi connectivity index (χ4v) is 4.91. The Kier molecular flexibility index (Phi) is 13.1. The maximum absolute atomic E-state index is 12.5. The first-order valence-corrected chi connectivity index (χ1v) is 16.1. The standard InChI is InChI=1S/C21H29N7O.C15H25NO/c1-21(2,3)17-11-15-13-28(20(29)27-18(15)26-17)16-7-5-14(6-8-16)12-24-9-4-10-25-19(22)23;1-15(2,3)14-9-12(6-4-5-7-16)8-13(10-14)11-17/h5-8,11,13,24H,4,9-10,12H2,1-3H3,(H4,22,23,25)(H,26,27,29);8-10,17H,4-7,11,16H2,1-3H3. The lowest BCUT2D eigenvalue weighted by Gasteiger charge is -2.21. The van der Waals surface area contributed by atoms with Crippen molar-refractivity contribution in [2.24, 2.45) is 22.2 Å². The van der Waals surface area contributed by atoms with Crippen LogP contribution in [0.15, 0.2) is 64.5 Å². The van der Waals surface area contributed by atoms with Crippen LogP contribution in [0.2, 0.25) is 0 Å². The summed E-state index contributed by atoms with van der Waals surface area (Å²) in [4.78, 5) is 23.9. The molecular weight excluding hydrogens is 576 g/mol. The van der Waals surface area contributed by atoms with Crippen molar-refractivity contribution in [1.29, 1.82) is 0 Å². The van der Waals surface area contributed by atoms with E-state index in [9.17, 15) is 9.90 Å². The molecule has 9 N–H and O–H groups in total. The fourth-order valence-electron chi connectivity index (χ4n) is 4.91. The number of aromatic nitrogens is 3. The highest BCUT2D eigenvalue weighted by Crippen LogP contribution is 2.26. The molecule has 4 rings (SSSR count). The zero-order valence-electron chi connectivity index (χ0n) is 28.5. The first-order valence-electron chi connectivity index (χ1n) is 16.1. The minimum Gasteiger partial charge on any atom is -0.392 e. The predicted octanol–water partition coefficient (Wildman–Crippen LogP) is 4.52. The summed E-state index contributed by atoms with van der Waals surface area (Å²) in [6, 6.07) is 16.4. The molecule has 0 spiro atoms. The van der Waals surface area contributed by atoms with Gasteiger partial charge >= 0.3 is 5.69 Å². The van der Waals surface area contributed by atoms with Crippen molar-refractivity contribution in [3.63, 3.8) is 0 Å². The van der Waals surface area contributed by atoms with Crippen LogP contribution >= 0.6 is 0 Å². The predicted molar refractivity (Wildman–Crippen MR) is 190 cm³/mol. The fraction of sp³-hybridized carbons (Fsp3) is 0.472. The number of hydrogen-bond acceptors (Lipinski definition) is 6. The van der Waals surface area contributed by atoms with E-state index in [1.165, 1.54) is 11.1 Å². The number of hydrogen-bond donors (Lipinski definition) is 6. The van der Waals surface area contributed by atoms with E-state index in [2.05, 4.69) is 86.1 Å². The van der Waals surface area contributed by atoms with Gasteiger partial charge < -0.3 is 32.6 Å². The number of aliphatic hydroxyl groups is 1. The van der Waals surface area contributed by atoms with Gasteiger partial charge in [0.1, 0.15) is 5.65 Å². The Morgan fingerprint density at radius 1 is 0.935 bits per heavy atom. The van der Waals surface area contributed by atoms with Gasteiger partial charge in [-0.15, -0.1) is 0 Å². The van der Waals surface area contributed by atoms with E-state index in [1.54, 1.807) is 4.57 Å². The molecule has 2 aromatic carbocycles. The first kappa shape index (κ1) is 36.5. The Hall–Kier alpha value is -3.99. The molecule has 10 nitrogen and oxygen atoms in total. The molecule has 0 amide bonds. The maximum Gasteiger partial charge on any atom is 0.354 e. The number of benzene rings is 2. The topological polar surface area (TPSA) is 173 Å². The second-order valence-corrected chi connectivity index (χ2v) is 13.8. The zero-order valence-corrected chi connectivity index (χ0v) is 28.5. The number of aryl methyl sites for hydroxylation is 1. The van der Waals surface area contributed by atoms with Gasteiger partial charge in [-0.2, -0.15) is 4.98 Å². The average molecular weight is 631 g/mol. The number of aromatic amines is 1. The second kappa shape index (κ2) is 16.5. The Labute approximate surface area is 273 Å². The smallest absolute Gasteiger partial charge is 0.354 e. The molecule has 0 aliphatic rings. The van der Waals surface area contributed by atoms with Crippen LogP contribution in [0.1, 0.15) is 88.8 Å². The zero-order chi connectivity index (χ0) is 33.9. The lowest BCUT2D eigenvalue weighted by atomic mass is 9.84. The molecule has 0 saturated carbocycles. The Bertz CT molecular complexity index is 1620. The van der Waals surface area contributed by atoms with Gasteiger partial charge in [0.15, 0.2) is 5.96 Å². The Morgan fingerprint density at radius 3 is 2.24 bits per heavy atom. The van der Waals surface area contributed by atoms with Crippen molar-refractivity contribution >= 4 is 17.0 Å². The van der Waals surface area contributed by atoms with E-state index in [0.29, 0.717) is 12.2 Å². The van der Waals surface area contributed by atoms with Crippen LogP contribution < -0.4 is 28.2 Å². The van der Waals surface area contributed by atoms with Crippen molar-refractivity contribution < 1.29 is 5.11 Å². The number of fused-ring (bicyclic) bond motifs is 1. The molecule has 46 heavy (non-hydrogen) atoms. The first-order chi connectivity index (χ1) is 21.7. The molecule has 0 atom stereocenters. The number of aliphatic imine (C=N–C) groups is 1. The van der Waals surface area contributed by atoms with Gasteiger partial charge in [-0.1, -0.05) is 71.9 Å². The second-order valence-electron chi connectivity index (χ2n) is 13.8. The molecule has 0 unspecified atom stereocenters. The van der Waals surface area contributed by atoms with Crippen LogP contribution in [0.4, 0.5) is 0 Å². The number of nitrogens with zero attached hydrogens (tertiary/aromatic N) is 3. The molecule has 0 radical (unpaired) electrons. The molecule has 0 aliphatic heterocycles. The molecule has 4 aromatic rings. The molecule has 250 valence electrons. The molecule has 0 bridgehead atoms. The van der Waals surface area contributed by atoms with E-state index in [4.69, 9.17) is 17.2 Å². The molecule has 0 saturated heterocycles. The summed E-state index contributed by atoms with van der Waals surface area (Å²) >= 11 is 0. The number of nitrogens with two attached hydrogens (primary N) is 3. The third-order valence-electron chi connectivity index (χ3n) is 7.69. The van der Waals surface area contributed by atoms with Gasteiger partial charge in [0.25, 0.3) is 0 Å². The molecule has 2 heterocycles. The van der Waals surface area contributed by atoms with Gasteiger partial charge in [0.05, 0.1) is 12.3 Å².